The number of fused-ring (bicyclic) bond motifs is 14. The maximum Gasteiger partial charge on any atom is 0.256 e. The topological polar surface area (TPSA) is 29.8 Å². The maximum atomic E-state index is 7.22. The van der Waals surface area contributed by atoms with Crippen molar-refractivity contribution in [2.24, 2.45) is 0 Å². The van der Waals surface area contributed by atoms with Crippen LogP contribution in [0.4, 0.5) is 17.1 Å². The molecule has 0 spiro atoms. The SMILES string of the molecule is CC(C)(C)c1ccc2c(c1)B1c3cc(C(C)(C)C)cc4c3N(c3ccc(C(C)(C)C)cc3C4(C)C)c3cc(-c4ccc5c6ccccc6c6nc7ccccc7n6c5c4)cc(c31)O2. The number of nitrogens with zero attached hydrogens (tertiary/aromatic N) is 3. The Labute approximate surface area is 371 Å². The Kier molecular flexibility index (Phi) is 7.57. The number of hydrogen-bond donors (Lipinski definition) is 0. The van der Waals surface area contributed by atoms with E-state index in [0.29, 0.717) is 0 Å². The number of pyridine rings is 1. The molecule has 0 unspecified atom stereocenters. The van der Waals surface area contributed by atoms with E-state index >= 15 is 0 Å². The number of rotatable bonds is 1. The van der Waals surface area contributed by atoms with Gasteiger partial charge in [-0.15, -0.1) is 0 Å². The number of ether oxygens (including phenoxy) is 1. The van der Waals surface area contributed by atoms with E-state index in [1.165, 1.54) is 72.0 Å². The minimum absolute atomic E-state index is 0.00554. The number of aromatic nitrogens is 2. The smallest absolute Gasteiger partial charge is 0.256 e. The number of para-hydroxylation sites is 2. The molecular formula is C58H54BN3O. The summed E-state index contributed by atoms with van der Waals surface area (Å²) >= 11 is 0. The third kappa shape index (κ3) is 5.38. The van der Waals surface area contributed by atoms with Gasteiger partial charge in [-0.3, -0.25) is 4.40 Å². The van der Waals surface area contributed by atoms with Crippen molar-refractivity contribution in [3.8, 4) is 22.6 Å². The first-order valence-corrected chi connectivity index (χ1v) is 22.7. The molecule has 5 heteroatoms. The number of anilines is 3. The molecule has 0 saturated carbocycles. The lowest BCUT2D eigenvalue weighted by Gasteiger charge is -2.49. The van der Waals surface area contributed by atoms with Gasteiger partial charge in [0, 0.05) is 27.6 Å². The van der Waals surface area contributed by atoms with Gasteiger partial charge in [-0.2, -0.15) is 0 Å². The third-order valence-corrected chi connectivity index (χ3v) is 14.6. The van der Waals surface area contributed by atoms with Gasteiger partial charge in [0.1, 0.15) is 17.1 Å². The van der Waals surface area contributed by atoms with Gasteiger partial charge in [-0.1, -0.05) is 161 Å². The Hall–Kier alpha value is -6.33. The summed E-state index contributed by atoms with van der Waals surface area (Å²) in [5.74, 6) is 1.86. The van der Waals surface area contributed by atoms with Crippen LogP contribution in [0.1, 0.15) is 104 Å². The van der Waals surface area contributed by atoms with Crippen molar-refractivity contribution >= 4 is 78.5 Å². The molecule has 0 atom stereocenters. The first kappa shape index (κ1) is 38.4. The van der Waals surface area contributed by atoms with E-state index in [2.05, 4.69) is 213 Å². The van der Waals surface area contributed by atoms with E-state index in [0.717, 1.165) is 50.2 Å². The summed E-state index contributed by atoms with van der Waals surface area (Å²) in [5.41, 5.74) is 20.5. The number of benzene rings is 7. The van der Waals surface area contributed by atoms with Crippen LogP contribution < -0.4 is 26.0 Å². The maximum absolute atomic E-state index is 7.22. The fourth-order valence-electron chi connectivity index (χ4n) is 11.0. The highest BCUT2D eigenvalue weighted by atomic mass is 16.5. The number of imidazole rings is 1. The van der Waals surface area contributed by atoms with Crippen LogP contribution in [0.3, 0.4) is 0 Å². The molecule has 3 aliphatic rings. The van der Waals surface area contributed by atoms with E-state index < -0.39 is 0 Å². The zero-order chi connectivity index (χ0) is 43.7. The lowest BCUT2D eigenvalue weighted by molar-refractivity contribution is 0.486. The summed E-state index contributed by atoms with van der Waals surface area (Å²) in [4.78, 5) is 7.82. The van der Waals surface area contributed by atoms with Gasteiger partial charge in [0.25, 0.3) is 6.71 Å². The molecule has 0 radical (unpaired) electrons. The molecule has 2 aromatic heterocycles. The Balaban J connectivity index is 1.18. The third-order valence-electron chi connectivity index (χ3n) is 14.6. The zero-order valence-electron chi connectivity index (χ0n) is 38.5. The van der Waals surface area contributed by atoms with Gasteiger partial charge in [-0.05, 0) is 119 Å². The highest BCUT2D eigenvalue weighted by Crippen LogP contribution is 2.55. The predicted octanol–water partition coefficient (Wildman–Crippen LogP) is 13.4. The van der Waals surface area contributed by atoms with Crippen molar-refractivity contribution in [3.05, 3.63) is 155 Å². The van der Waals surface area contributed by atoms with E-state index in [1.807, 2.05) is 0 Å². The van der Waals surface area contributed by atoms with Crippen LogP contribution in [0.2, 0.25) is 0 Å². The second-order valence-electron chi connectivity index (χ2n) is 22.1. The molecule has 0 aliphatic carbocycles. The molecule has 0 saturated heterocycles. The van der Waals surface area contributed by atoms with Crippen LogP contribution in [-0.2, 0) is 21.7 Å². The van der Waals surface area contributed by atoms with Crippen molar-refractivity contribution < 1.29 is 4.74 Å². The standard InChI is InChI=1S/C58H54BN3O/c1-55(2,3)35-21-24-46-41(29-35)58(10,11)42-30-37(57(7,8)9)32-44-53(42)61(46)49-27-34(28-51-52(49)59(44)43-31-36(56(4,5)6)22-25-50(43)63-51)33-20-23-39-38-16-12-13-17-40(38)54-60-45-18-14-15-19-47(45)62(54)48(39)26-33/h12-32H,1-11H3. The fraction of sp³-hybridized carbons (Fsp3) is 0.259. The Morgan fingerprint density at radius 1 is 0.524 bits per heavy atom. The lowest BCUT2D eigenvalue weighted by Crippen LogP contribution is -2.61. The first-order valence-electron chi connectivity index (χ1n) is 22.7. The summed E-state index contributed by atoms with van der Waals surface area (Å²) in [6, 6.07) is 48.2. The fourth-order valence-corrected chi connectivity index (χ4v) is 11.0. The molecule has 0 N–H and O–H groups in total. The summed E-state index contributed by atoms with van der Waals surface area (Å²) in [7, 11) is 0. The monoisotopic (exact) mass is 819 g/mol. The largest absolute Gasteiger partial charge is 0.458 e. The van der Waals surface area contributed by atoms with Crippen LogP contribution in [0, 0.1) is 0 Å². The summed E-state index contributed by atoms with van der Waals surface area (Å²) in [6.07, 6.45) is 0. The summed E-state index contributed by atoms with van der Waals surface area (Å²) in [6.45, 7) is 25.9. The van der Waals surface area contributed by atoms with Crippen molar-refractivity contribution in [1.29, 1.82) is 0 Å². The Morgan fingerprint density at radius 2 is 1.19 bits per heavy atom. The van der Waals surface area contributed by atoms with Gasteiger partial charge < -0.3 is 9.64 Å². The highest BCUT2D eigenvalue weighted by molar-refractivity contribution is 6.99. The molecule has 7 aromatic carbocycles. The van der Waals surface area contributed by atoms with Crippen LogP contribution >= 0.6 is 0 Å². The van der Waals surface area contributed by atoms with Gasteiger partial charge in [0.2, 0.25) is 0 Å². The molecule has 5 heterocycles. The van der Waals surface area contributed by atoms with Crippen molar-refractivity contribution in [3.63, 3.8) is 0 Å². The minimum atomic E-state index is -0.252. The molecule has 4 nitrogen and oxygen atoms in total. The molecule has 0 amide bonds. The van der Waals surface area contributed by atoms with Crippen LogP contribution in [0.25, 0.3) is 49.5 Å². The lowest BCUT2D eigenvalue weighted by atomic mass is 9.33. The normalized spacial score (nSPS) is 15.1. The highest BCUT2D eigenvalue weighted by Gasteiger charge is 2.49. The van der Waals surface area contributed by atoms with Crippen molar-refractivity contribution in [2.75, 3.05) is 4.90 Å². The summed E-state index contributed by atoms with van der Waals surface area (Å²) < 4.78 is 9.58. The minimum Gasteiger partial charge on any atom is -0.458 e. The molecule has 0 bridgehead atoms. The van der Waals surface area contributed by atoms with E-state index in [9.17, 15) is 0 Å². The van der Waals surface area contributed by atoms with Crippen LogP contribution in [0.15, 0.2) is 127 Å². The van der Waals surface area contributed by atoms with E-state index in [1.54, 1.807) is 0 Å². The molecule has 310 valence electrons. The second kappa shape index (κ2) is 12.4. The molecule has 0 fully saturated rings. The van der Waals surface area contributed by atoms with Gasteiger partial charge in [0.05, 0.1) is 22.2 Å². The van der Waals surface area contributed by atoms with Crippen molar-refractivity contribution in [1.82, 2.24) is 9.38 Å². The number of hydrogen-bond acceptors (Lipinski definition) is 3. The predicted molar refractivity (Wildman–Crippen MR) is 267 cm³/mol. The Bertz CT molecular complexity index is 3480. The summed E-state index contributed by atoms with van der Waals surface area (Å²) in [5, 5.41) is 3.57. The van der Waals surface area contributed by atoms with Gasteiger partial charge in [0.15, 0.2) is 0 Å². The Morgan fingerprint density at radius 3 is 1.95 bits per heavy atom. The molecule has 12 rings (SSSR count). The van der Waals surface area contributed by atoms with Gasteiger partial charge >= 0.3 is 0 Å². The average molecular weight is 820 g/mol. The second-order valence-corrected chi connectivity index (χ2v) is 22.1. The molecular weight excluding hydrogens is 765 g/mol. The molecule has 63 heavy (non-hydrogen) atoms. The zero-order valence-corrected chi connectivity index (χ0v) is 38.5. The van der Waals surface area contributed by atoms with Crippen LogP contribution in [-0.4, -0.2) is 16.1 Å². The van der Waals surface area contributed by atoms with E-state index in [-0.39, 0.29) is 28.4 Å². The quantitative estimate of drug-likeness (QED) is 0.122. The molecule has 3 aliphatic heterocycles. The van der Waals surface area contributed by atoms with E-state index in [4.69, 9.17) is 9.72 Å². The van der Waals surface area contributed by atoms with Gasteiger partial charge in [-0.25, -0.2) is 4.98 Å². The average Bonchev–Trinajstić information content (AvgIpc) is 3.64. The van der Waals surface area contributed by atoms with Crippen LogP contribution in [0.5, 0.6) is 11.5 Å². The van der Waals surface area contributed by atoms with Crippen molar-refractivity contribution in [2.45, 2.75) is 97.8 Å². The first-order chi connectivity index (χ1) is 29.9. The molecule has 9 aromatic rings.